The molecule has 108 valence electrons. The predicted molar refractivity (Wildman–Crippen MR) is 84.3 cm³/mol. The Hall–Kier alpha value is -2.21. The van der Waals surface area contributed by atoms with Gasteiger partial charge in [-0.1, -0.05) is 0 Å². The number of H-pyrrole nitrogens is 1. The van der Waals surface area contributed by atoms with Crippen LogP contribution in [0.4, 0.5) is 0 Å². The minimum Gasteiger partial charge on any atom is -0.308 e. The van der Waals surface area contributed by atoms with Crippen molar-refractivity contribution in [2.24, 2.45) is 0 Å². The van der Waals surface area contributed by atoms with Crippen LogP contribution in [0.1, 0.15) is 21.8 Å². The summed E-state index contributed by atoms with van der Waals surface area (Å²) in [7, 11) is 0. The van der Waals surface area contributed by atoms with Gasteiger partial charge in [0, 0.05) is 17.1 Å². The van der Waals surface area contributed by atoms with Gasteiger partial charge in [0.15, 0.2) is 0 Å². The van der Waals surface area contributed by atoms with E-state index in [1.54, 1.807) is 12.3 Å². The summed E-state index contributed by atoms with van der Waals surface area (Å²) in [5.74, 6) is 0.500. The van der Waals surface area contributed by atoms with Crippen LogP contribution in [0.5, 0.6) is 0 Å². The van der Waals surface area contributed by atoms with E-state index in [0.717, 1.165) is 20.8 Å². The summed E-state index contributed by atoms with van der Waals surface area (Å²) in [6.07, 6.45) is 1.72. The van der Waals surface area contributed by atoms with Crippen molar-refractivity contribution in [3.05, 3.63) is 60.9 Å². The molecule has 0 aliphatic rings. The normalized spacial score (nSPS) is 11.2. The lowest BCUT2D eigenvalue weighted by Gasteiger charge is -2.05. The minimum atomic E-state index is -0.142. The van der Waals surface area contributed by atoms with E-state index >= 15 is 0 Å². The first-order chi connectivity index (χ1) is 9.95. The molecule has 3 heterocycles. The maximum Gasteiger partial charge on any atom is 0.259 e. The van der Waals surface area contributed by atoms with Crippen LogP contribution in [0, 0.1) is 20.8 Å². The largest absolute Gasteiger partial charge is 0.308 e. The standard InChI is InChI=1S/C15H15N3O2S/c1-8-4-5-18(12(19)6-8)7-11-16-14(20)13-9(2)10(3)21-15(13)17-11/h4-6H,7H2,1-3H3,(H,16,17,20). The van der Waals surface area contributed by atoms with Gasteiger partial charge in [0.05, 0.1) is 11.9 Å². The van der Waals surface area contributed by atoms with Gasteiger partial charge >= 0.3 is 0 Å². The second-order valence-corrected chi connectivity index (χ2v) is 6.35. The Bertz CT molecular complexity index is 950. The molecule has 0 spiro atoms. The molecule has 6 heteroatoms. The van der Waals surface area contributed by atoms with Crippen LogP contribution in [-0.4, -0.2) is 14.5 Å². The van der Waals surface area contributed by atoms with Gasteiger partial charge in [-0.3, -0.25) is 9.59 Å². The zero-order valence-electron chi connectivity index (χ0n) is 12.1. The molecule has 0 bridgehead atoms. The lowest BCUT2D eigenvalue weighted by Crippen LogP contribution is -2.22. The number of nitrogens with one attached hydrogen (secondary N) is 1. The third kappa shape index (κ3) is 2.42. The van der Waals surface area contributed by atoms with Crippen molar-refractivity contribution < 1.29 is 0 Å². The quantitative estimate of drug-likeness (QED) is 0.788. The highest BCUT2D eigenvalue weighted by Gasteiger charge is 2.12. The molecule has 3 aromatic heterocycles. The molecule has 0 amide bonds. The number of hydrogen-bond donors (Lipinski definition) is 1. The second kappa shape index (κ2) is 4.96. The zero-order chi connectivity index (χ0) is 15.1. The average molecular weight is 301 g/mol. The van der Waals surface area contributed by atoms with Crippen LogP contribution in [0.2, 0.25) is 0 Å². The Labute approximate surface area is 124 Å². The molecule has 1 N–H and O–H groups in total. The smallest absolute Gasteiger partial charge is 0.259 e. The van der Waals surface area contributed by atoms with Gasteiger partial charge in [0.25, 0.3) is 11.1 Å². The Kier molecular flexibility index (Phi) is 3.25. The van der Waals surface area contributed by atoms with Crippen LogP contribution in [0.3, 0.4) is 0 Å². The zero-order valence-corrected chi connectivity index (χ0v) is 12.9. The van der Waals surface area contributed by atoms with Gasteiger partial charge in [0.2, 0.25) is 0 Å². The molecule has 3 rings (SSSR count). The third-order valence-electron chi connectivity index (χ3n) is 3.56. The first-order valence-corrected chi connectivity index (χ1v) is 7.43. The van der Waals surface area contributed by atoms with Crippen molar-refractivity contribution in [3.63, 3.8) is 0 Å². The Morgan fingerprint density at radius 2 is 2.05 bits per heavy atom. The number of fused-ring (bicyclic) bond motifs is 1. The van der Waals surface area contributed by atoms with Gasteiger partial charge in [0.1, 0.15) is 10.7 Å². The fourth-order valence-electron chi connectivity index (χ4n) is 2.27. The number of aromatic nitrogens is 3. The van der Waals surface area contributed by atoms with E-state index in [9.17, 15) is 9.59 Å². The van der Waals surface area contributed by atoms with E-state index in [-0.39, 0.29) is 17.7 Å². The minimum absolute atomic E-state index is 0.101. The summed E-state index contributed by atoms with van der Waals surface area (Å²) in [6, 6.07) is 3.42. The van der Waals surface area contributed by atoms with Crippen molar-refractivity contribution in [1.29, 1.82) is 0 Å². The summed E-state index contributed by atoms with van der Waals surface area (Å²) in [5, 5.41) is 0.650. The molecule has 0 unspecified atom stereocenters. The molecule has 21 heavy (non-hydrogen) atoms. The maximum absolute atomic E-state index is 12.2. The molecule has 0 fully saturated rings. The van der Waals surface area contributed by atoms with Gasteiger partial charge in [-0.25, -0.2) is 4.98 Å². The molecular formula is C15H15N3O2S. The van der Waals surface area contributed by atoms with Gasteiger partial charge in [-0.05, 0) is 38.0 Å². The van der Waals surface area contributed by atoms with E-state index in [4.69, 9.17) is 0 Å². The molecule has 0 aromatic carbocycles. The molecule has 0 saturated carbocycles. The topological polar surface area (TPSA) is 67.8 Å². The van der Waals surface area contributed by atoms with E-state index in [0.29, 0.717) is 11.2 Å². The second-order valence-electron chi connectivity index (χ2n) is 5.15. The predicted octanol–water partition coefficient (Wildman–Crippen LogP) is 2.12. The van der Waals surface area contributed by atoms with E-state index in [1.807, 2.05) is 26.8 Å². The molecule has 3 aromatic rings. The van der Waals surface area contributed by atoms with Crippen molar-refractivity contribution in [2.75, 3.05) is 0 Å². The molecule has 5 nitrogen and oxygen atoms in total. The van der Waals surface area contributed by atoms with E-state index in [1.165, 1.54) is 15.9 Å². The van der Waals surface area contributed by atoms with Crippen molar-refractivity contribution in [2.45, 2.75) is 27.3 Å². The third-order valence-corrected chi connectivity index (χ3v) is 4.66. The van der Waals surface area contributed by atoms with Crippen molar-refractivity contribution in [1.82, 2.24) is 14.5 Å². The summed E-state index contributed by atoms with van der Waals surface area (Å²) < 4.78 is 1.53. The summed E-state index contributed by atoms with van der Waals surface area (Å²) in [4.78, 5) is 33.2. The van der Waals surface area contributed by atoms with Crippen molar-refractivity contribution >= 4 is 21.6 Å². The number of aromatic amines is 1. The average Bonchev–Trinajstić information content (AvgIpc) is 2.69. The highest BCUT2D eigenvalue weighted by atomic mass is 32.1. The van der Waals surface area contributed by atoms with E-state index in [2.05, 4.69) is 9.97 Å². The number of thiophene rings is 1. The fourth-order valence-corrected chi connectivity index (χ4v) is 3.32. The molecule has 0 saturated heterocycles. The first kappa shape index (κ1) is 13.8. The lowest BCUT2D eigenvalue weighted by atomic mass is 10.2. The van der Waals surface area contributed by atoms with Crippen molar-refractivity contribution in [3.8, 4) is 0 Å². The summed E-state index contributed by atoms with van der Waals surface area (Å²) in [5.41, 5.74) is 1.65. The Morgan fingerprint density at radius 3 is 2.76 bits per heavy atom. The number of aryl methyl sites for hydroxylation is 3. The van der Waals surface area contributed by atoms with Gasteiger partial charge in [-0.15, -0.1) is 11.3 Å². The fraction of sp³-hybridized carbons (Fsp3) is 0.267. The summed E-state index contributed by atoms with van der Waals surface area (Å²) in [6.45, 7) is 6.04. The lowest BCUT2D eigenvalue weighted by molar-refractivity contribution is 0.714. The SMILES string of the molecule is Cc1ccn(Cc2nc3sc(C)c(C)c3c(=O)[nH]2)c(=O)c1. The summed E-state index contributed by atoms with van der Waals surface area (Å²) >= 11 is 1.51. The maximum atomic E-state index is 12.2. The first-order valence-electron chi connectivity index (χ1n) is 6.61. The Balaban J connectivity index is 2.09. The van der Waals surface area contributed by atoms with E-state index < -0.39 is 0 Å². The molecule has 0 radical (unpaired) electrons. The van der Waals surface area contributed by atoms with Crippen LogP contribution in [-0.2, 0) is 6.54 Å². The number of nitrogens with zero attached hydrogens (tertiary/aromatic N) is 2. The molecular weight excluding hydrogens is 286 g/mol. The number of rotatable bonds is 2. The van der Waals surface area contributed by atoms with Gasteiger partial charge < -0.3 is 9.55 Å². The molecule has 0 atom stereocenters. The van der Waals surface area contributed by atoms with Gasteiger partial charge in [-0.2, -0.15) is 0 Å². The monoisotopic (exact) mass is 301 g/mol. The van der Waals surface area contributed by atoms with Crippen LogP contribution in [0.25, 0.3) is 10.2 Å². The number of pyridine rings is 1. The van der Waals surface area contributed by atoms with Crippen LogP contribution < -0.4 is 11.1 Å². The Morgan fingerprint density at radius 1 is 1.29 bits per heavy atom. The van der Waals surface area contributed by atoms with Crippen LogP contribution in [0.15, 0.2) is 27.9 Å². The highest BCUT2D eigenvalue weighted by Crippen LogP contribution is 2.25. The molecule has 0 aliphatic heterocycles. The van der Waals surface area contributed by atoms with Crippen LogP contribution >= 0.6 is 11.3 Å². The highest BCUT2D eigenvalue weighted by molar-refractivity contribution is 7.18. The number of hydrogen-bond acceptors (Lipinski definition) is 4. The molecule has 0 aliphatic carbocycles.